The first-order valence-electron chi connectivity index (χ1n) is 6.53. The third-order valence-corrected chi connectivity index (χ3v) is 3.58. The van der Waals surface area contributed by atoms with Crippen LogP contribution in [0, 0.1) is 11.6 Å². The van der Waals surface area contributed by atoms with Crippen LogP contribution in [0.4, 0.5) is 20.2 Å². The molecule has 1 fully saturated rings. The van der Waals surface area contributed by atoms with Crippen LogP contribution in [0.15, 0.2) is 12.1 Å². The van der Waals surface area contributed by atoms with Crippen LogP contribution in [0.5, 0.6) is 0 Å². The molecule has 0 saturated carbocycles. The number of benzene rings is 1. The Balaban J connectivity index is 2.14. The first-order chi connectivity index (χ1) is 8.79. The minimum absolute atomic E-state index is 0.0442. The van der Waals surface area contributed by atoms with E-state index in [0.29, 0.717) is 13.1 Å². The topological polar surface area (TPSA) is 32.5 Å². The van der Waals surface area contributed by atoms with Crippen molar-refractivity contribution in [2.45, 2.75) is 26.3 Å². The highest BCUT2D eigenvalue weighted by atomic mass is 19.1. The smallest absolute Gasteiger partial charge is 0.151 e. The molecule has 0 amide bonds. The molecule has 19 heavy (non-hydrogen) atoms. The van der Waals surface area contributed by atoms with Gasteiger partial charge in [0.1, 0.15) is 5.69 Å². The zero-order valence-corrected chi connectivity index (χ0v) is 11.7. The maximum Gasteiger partial charge on any atom is 0.151 e. The van der Waals surface area contributed by atoms with E-state index < -0.39 is 11.6 Å². The van der Waals surface area contributed by atoms with Crippen LogP contribution in [-0.2, 0) is 0 Å². The van der Waals surface area contributed by atoms with Gasteiger partial charge in [-0.15, -0.1) is 0 Å². The van der Waals surface area contributed by atoms with Crippen LogP contribution < -0.4 is 10.6 Å². The molecule has 2 rings (SSSR count). The highest BCUT2D eigenvalue weighted by molar-refractivity contribution is 5.56. The second-order valence-corrected chi connectivity index (χ2v) is 5.98. The number of halogens is 2. The van der Waals surface area contributed by atoms with Gasteiger partial charge in [-0.25, -0.2) is 8.78 Å². The van der Waals surface area contributed by atoms with E-state index in [0.717, 1.165) is 13.1 Å². The predicted molar refractivity (Wildman–Crippen MR) is 74.3 cm³/mol. The standard InChI is InChI=1S/C14H21F2N3/c1-14(2,3)19-6-4-18(5-7-19)13-11(15)8-10(17)9-12(13)16/h8-9H,4-7,17H2,1-3H3. The summed E-state index contributed by atoms with van der Waals surface area (Å²) in [7, 11) is 0. The molecular formula is C14H21F2N3. The van der Waals surface area contributed by atoms with Crippen molar-refractivity contribution in [3.05, 3.63) is 23.8 Å². The molecular weight excluding hydrogens is 248 g/mol. The molecule has 0 spiro atoms. The normalized spacial score (nSPS) is 17.8. The lowest BCUT2D eigenvalue weighted by atomic mass is 10.0. The Morgan fingerprint density at radius 2 is 1.47 bits per heavy atom. The van der Waals surface area contributed by atoms with Crippen LogP contribution >= 0.6 is 0 Å². The summed E-state index contributed by atoms with van der Waals surface area (Å²) in [6.45, 7) is 9.27. The molecule has 0 radical (unpaired) electrons. The van der Waals surface area contributed by atoms with Gasteiger partial charge in [0.2, 0.25) is 0 Å². The number of nitrogen functional groups attached to an aromatic ring is 1. The third kappa shape index (κ3) is 2.97. The van der Waals surface area contributed by atoms with Gasteiger partial charge in [0.15, 0.2) is 11.6 Å². The van der Waals surface area contributed by atoms with E-state index in [4.69, 9.17) is 5.73 Å². The number of piperazine rings is 1. The summed E-state index contributed by atoms with van der Waals surface area (Å²) < 4.78 is 27.7. The van der Waals surface area contributed by atoms with Crippen molar-refractivity contribution >= 4 is 11.4 Å². The molecule has 1 aliphatic heterocycles. The summed E-state index contributed by atoms with van der Waals surface area (Å²) in [5.74, 6) is -1.16. The monoisotopic (exact) mass is 269 g/mol. The van der Waals surface area contributed by atoms with Gasteiger partial charge < -0.3 is 10.6 Å². The lowest BCUT2D eigenvalue weighted by Gasteiger charge is -2.43. The van der Waals surface area contributed by atoms with Gasteiger partial charge in [0.05, 0.1) is 0 Å². The maximum atomic E-state index is 13.9. The van der Waals surface area contributed by atoms with Gasteiger partial charge in [-0.2, -0.15) is 0 Å². The largest absolute Gasteiger partial charge is 0.399 e. The van der Waals surface area contributed by atoms with Crippen LogP contribution in [0.2, 0.25) is 0 Å². The average molecular weight is 269 g/mol. The zero-order chi connectivity index (χ0) is 14.2. The molecule has 1 saturated heterocycles. The molecule has 3 nitrogen and oxygen atoms in total. The van der Waals surface area contributed by atoms with E-state index in [2.05, 4.69) is 25.7 Å². The lowest BCUT2D eigenvalue weighted by molar-refractivity contribution is 0.128. The fraction of sp³-hybridized carbons (Fsp3) is 0.571. The molecule has 1 aromatic carbocycles. The molecule has 0 unspecified atom stereocenters. The van der Waals surface area contributed by atoms with E-state index in [9.17, 15) is 8.78 Å². The molecule has 2 N–H and O–H groups in total. The van der Waals surface area contributed by atoms with E-state index in [-0.39, 0.29) is 16.9 Å². The summed E-state index contributed by atoms with van der Waals surface area (Å²) in [6, 6.07) is 2.35. The van der Waals surface area contributed by atoms with Crippen LogP contribution in [0.1, 0.15) is 20.8 Å². The molecule has 0 bridgehead atoms. The van der Waals surface area contributed by atoms with Gasteiger partial charge in [-0.3, -0.25) is 4.90 Å². The Kier molecular flexibility index (Phi) is 3.67. The Labute approximate surface area is 113 Å². The number of hydrogen-bond acceptors (Lipinski definition) is 3. The molecule has 0 aromatic heterocycles. The Hall–Kier alpha value is -1.36. The van der Waals surface area contributed by atoms with E-state index >= 15 is 0 Å². The Bertz CT molecular complexity index is 437. The second kappa shape index (κ2) is 4.96. The summed E-state index contributed by atoms with van der Waals surface area (Å²) in [5, 5.41) is 0. The first-order valence-corrected chi connectivity index (χ1v) is 6.53. The van der Waals surface area contributed by atoms with Crippen LogP contribution in [-0.4, -0.2) is 36.6 Å². The summed E-state index contributed by atoms with van der Waals surface area (Å²) >= 11 is 0. The summed E-state index contributed by atoms with van der Waals surface area (Å²) in [4.78, 5) is 4.07. The fourth-order valence-corrected chi connectivity index (χ4v) is 2.49. The van der Waals surface area contributed by atoms with Gasteiger partial charge in [-0.05, 0) is 32.9 Å². The quantitative estimate of drug-likeness (QED) is 0.795. The molecule has 1 aromatic rings. The predicted octanol–water partition coefficient (Wildman–Crippen LogP) is 2.47. The van der Waals surface area contributed by atoms with Crippen molar-refractivity contribution in [3.8, 4) is 0 Å². The van der Waals surface area contributed by atoms with Crippen molar-refractivity contribution < 1.29 is 8.78 Å². The summed E-state index contributed by atoms with van der Waals surface area (Å²) in [5.41, 5.74) is 5.68. The van der Waals surface area contributed by atoms with Crippen molar-refractivity contribution in [3.63, 3.8) is 0 Å². The van der Waals surface area contributed by atoms with E-state index in [1.165, 1.54) is 12.1 Å². The van der Waals surface area contributed by atoms with Gasteiger partial charge >= 0.3 is 0 Å². The third-order valence-electron chi connectivity index (χ3n) is 3.58. The maximum absolute atomic E-state index is 13.9. The van der Waals surface area contributed by atoms with Gasteiger partial charge in [0.25, 0.3) is 0 Å². The second-order valence-electron chi connectivity index (χ2n) is 5.98. The number of rotatable bonds is 1. The molecule has 1 heterocycles. The van der Waals surface area contributed by atoms with Crippen LogP contribution in [0.25, 0.3) is 0 Å². The molecule has 0 atom stereocenters. The van der Waals surface area contributed by atoms with Gasteiger partial charge in [-0.1, -0.05) is 0 Å². The number of hydrogen-bond donors (Lipinski definition) is 1. The van der Waals surface area contributed by atoms with Crippen molar-refractivity contribution in [1.82, 2.24) is 4.90 Å². The highest BCUT2D eigenvalue weighted by Gasteiger charge is 2.28. The lowest BCUT2D eigenvalue weighted by Crippen LogP contribution is -2.53. The van der Waals surface area contributed by atoms with E-state index in [1.807, 2.05) is 0 Å². The minimum Gasteiger partial charge on any atom is -0.399 e. The fourth-order valence-electron chi connectivity index (χ4n) is 2.49. The minimum atomic E-state index is -0.582. The van der Waals surface area contributed by atoms with Crippen molar-refractivity contribution in [2.75, 3.05) is 36.8 Å². The number of nitrogens with zero attached hydrogens (tertiary/aromatic N) is 2. The van der Waals surface area contributed by atoms with Gasteiger partial charge in [0, 0.05) is 37.4 Å². The first kappa shape index (κ1) is 14.1. The summed E-state index contributed by atoms with van der Waals surface area (Å²) in [6.07, 6.45) is 0. The molecule has 5 heteroatoms. The zero-order valence-electron chi connectivity index (χ0n) is 11.7. The molecule has 106 valence electrons. The van der Waals surface area contributed by atoms with Crippen molar-refractivity contribution in [2.24, 2.45) is 0 Å². The Morgan fingerprint density at radius 3 is 1.89 bits per heavy atom. The van der Waals surface area contributed by atoms with Crippen LogP contribution in [0.3, 0.4) is 0 Å². The average Bonchev–Trinajstić information content (AvgIpc) is 2.27. The van der Waals surface area contributed by atoms with Crippen molar-refractivity contribution in [1.29, 1.82) is 0 Å². The SMILES string of the molecule is CC(C)(C)N1CCN(c2c(F)cc(N)cc2F)CC1. The molecule has 1 aliphatic rings. The number of nitrogens with two attached hydrogens (primary N) is 1. The number of anilines is 2. The van der Waals surface area contributed by atoms with E-state index in [1.54, 1.807) is 4.90 Å². The Morgan fingerprint density at radius 1 is 1.00 bits per heavy atom. The molecule has 0 aliphatic carbocycles. The highest BCUT2D eigenvalue weighted by Crippen LogP contribution is 2.28.